The number of aryl methyl sites for hydroxylation is 1. The minimum absolute atomic E-state index is 0.234. The van der Waals surface area contributed by atoms with Gasteiger partial charge in [-0.1, -0.05) is 30.3 Å². The third kappa shape index (κ3) is 3.97. The highest BCUT2D eigenvalue weighted by atomic mass is 32.1. The molecule has 0 unspecified atom stereocenters. The van der Waals surface area contributed by atoms with Gasteiger partial charge in [0.2, 0.25) is 5.78 Å². The molecule has 3 rings (SSSR count). The summed E-state index contributed by atoms with van der Waals surface area (Å²) in [7, 11) is 0. The fourth-order valence-corrected chi connectivity index (χ4v) is 3.41. The SMILES string of the molecule is Cc1cc(C(=O)COC(=O)/C=C/c2ccccc2)c(C)n1-c1nccs1. The predicted molar refractivity (Wildman–Crippen MR) is 102 cm³/mol. The number of hydrogen-bond acceptors (Lipinski definition) is 5. The second-order valence-corrected chi connectivity index (χ2v) is 6.58. The zero-order chi connectivity index (χ0) is 18.5. The molecule has 6 heteroatoms. The molecule has 1 aromatic carbocycles. The van der Waals surface area contributed by atoms with Gasteiger partial charge in [0, 0.05) is 34.6 Å². The molecule has 2 heterocycles. The van der Waals surface area contributed by atoms with Crippen LogP contribution in [0.3, 0.4) is 0 Å². The summed E-state index contributed by atoms with van der Waals surface area (Å²) < 4.78 is 7.00. The highest BCUT2D eigenvalue weighted by molar-refractivity contribution is 7.12. The first kappa shape index (κ1) is 17.8. The van der Waals surface area contributed by atoms with E-state index in [1.807, 2.05) is 54.1 Å². The van der Waals surface area contributed by atoms with E-state index in [4.69, 9.17) is 4.74 Å². The number of thiazole rings is 1. The van der Waals surface area contributed by atoms with Gasteiger partial charge in [-0.3, -0.25) is 9.36 Å². The summed E-state index contributed by atoms with van der Waals surface area (Å²) in [5, 5.41) is 2.69. The van der Waals surface area contributed by atoms with Gasteiger partial charge in [0.25, 0.3) is 0 Å². The van der Waals surface area contributed by atoms with Crippen LogP contribution in [-0.2, 0) is 9.53 Å². The molecule has 0 spiro atoms. The van der Waals surface area contributed by atoms with Crippen molar-refractivity contribution in [3.8, 4) is 5.13 Å². The van der Waals surface area contributed by atoms with E-state index in [0.29, 0.717) is 5.56 Å². The Kier molecular flexibility index (Phi) is 5.43. The van der Waals surface area contributed by atoms with Crippen molar-refractivity contribution in [2.24, 2.45) is 0 Å². The first-order valence-corrected chi connectivity index (χ1v) is 8.96. The molecule has 2 aromatic heterocycles. The predicted octanol–water partition coefficient (Wildman–Crippen LogP) is 3.99. The van der Waals surface area contributed by atoms with E-state index in [-0.39, 0.29) is 12.4 Å². The number of esters is 1. The molecule has 0 aliphatic rings. The van der Waals surface area contributed by atoms with E-state index < -0.39 is 5.97 Å². The van der Waals surface area contributed by atoms with Crippen molar-refractivity contribution in [3.63, 3.8) is 0 Å². The summed E-state index contributed by atoms with van der Waals surface area (Å²) in [4.78, 5) is 28.6. The number of carbonyl (C=O) groups excluding carboxylic acids is 2. The van der Waals surface area contributed by atoms with Gasteiger partial charge in [-0.25, -0.2) is 9.78 Å². The van der Waals surface area contributed by atoms with Crippen molar-refractivity contribution in [2.75, 3.05) is 6.61 Å². The van der Waals surface area contributed by atoms with Gasteiger partial charge in [-0.2, -0.15) is 0 Å². The van der Waals surface area contributed by atoms with Gasteiger partial charge in [-0.15, -0.1) is 11.3 Å². The molecule has 0 saturated heterocycles. The summed E-state index contributed by atoms with van der Waals surface area (Å²) in [6, 6.07) is 11.2. The van der Waals surface area contributed by atoms with Gasteiger partial charge in [-0.05, 0) is 31.6 Å². The molecule has 26 heavy (non-hydrogen) atoms. The third-order valence-corrected chi connectivity index (χ3v) is 4.66. The van der Waals surface area contributed by atoms with E-state index >= 15 is 0 Å². The monoisotopic (exact) mass is 366 g/mol. The molecule has 0 atom stereocenters. The van der Waals surface area contributed by atoms with Crippen molar-refractivity contribution >= 4 is 29.2 Å². The number of ether oxygens (including phenoxy) is 1. The van der Waals surface area contributed by atoms with Crippen LogP contribution < -0.4 is 0 Å². The maximum atomic E-state index is 12.4. The Balaban J connectivity index is 1.65. The lowest BCUT2D eigenvalue weighted by atomic mass is 10.1. The maximum Gasteiger partial charge on any atom is 0.331 e. The van der Waals surface area contributed by atoms with Crippen LogP contribution in [0.15, 0.2) is 54.1 Å². The largest absolute Gasteiger partial charge is 0.454 e. The highest BCUT2D eigenvalue weighted by Gasteiger charge is 2.18. The van der Waals surface area contributed by atoms with E-state index in [2.05, 4.69) is 4.98 Å². The van der Waals surface area contributed by atoms with Crippen LogP contribution in [0.2, 0.25) is 0 Å². The summed E-state index contributed by atoms with van der Waals surface area (Å²) in [6.07, 6.45) is 4.70. The molecule has 5 nitrogen and oxygen atoms in total. The summed E-state index contributed by atoms with van der Waals surface area (Å²) in [6.45, 7) is 3.48. The zero-order valence-electron chi connectivity index (χ0n) is 14.5. The van der Waals surface area contributed by atoms with Crippen LogP contribution in [0.5, 0.6) is 0 Å². The molecular weight excluding hydrogens is 348 g/mol. The minimum atomic E-state index is -0.545. The van der Waals surface area contributed by atoms with Crippen LogP contribution in [0, 0.1) is 13.8 Å². The van der Waals surface area contributed by atoms with Gasteiger partial charge in [0.05, 0.1) is 0 Å². The Morgan fingerprint density at radius 3 is 2.69 bits per heavy atom. The molecule has 0 bridgehead atoms. The second kappa shape index (κ2) is 7.93. The number of benzene rings is 1. The number of aromatic nitrogens is 2. The van der Waals surface area contributed by atoms with E-state index in [9.17, 15) is 9.59 Å². The van der Waals surface area contributed by atoms with Crippen LogP contribution in [-0.4, -0.2) is 27.9 Å². The standard InChI is InChI=1S/C20H18N2O3S/c1-14-12-17(15(2)22(14)20-21-10-11-26-20)18(23)13-25-19(24)9-8-16-6-4-3-5-7-16/h3-12H,13H2,1-2H3/b9-8+. The molecule has 0 aliphatic heterocycles. The fraction of sp³-hybridized carbons (Fsp3) is 0.150. The number of Topliss-reactive ketones (excluding diaryl/α,β-unsaturated/α-hetero) is 1. The molecule has 0 N–H and O–H groups in total. The Bertz CT molecular complexity index is 941. The molecule has 3 aromatic rings. The molecular formula is C20H18N2O3S. The highest BCUT2D eigenvalue weighted by Crippen LogP contribution is 2.22. The van der Waals surface area contributed by atoms with Crippen molar-refractivity contribution in [3.05, 3.63) is 76.6 Å². The smallest absolute Gasteiger partial charge is 0.331 e. The van der Waals surface area contributed by atoms with Gasteiger partial charge in [0.1, 0.15) is 0 Å². The lowest BCUT2D eigenvalue weighted by molar-refractivity contribution is -0.136. The number of carbonyl (C=O) groups is 2. The summed E-state index contributed by atoms with van der Waals surface area (Å²) in [5.74, 6) is -0.779. The Hall–Kier alpha value is -2.99. The summed E-state index contributed by atoms with van der Waals surface area (Å²) >= 11 is 1.50. The van der Waals surface area contributed by atoms with Crippen LogP contribution in [0.25, 0.3) is 11.2 Å². The molecule has 0 amide bonds. The molecule has 0 radical (unpaired) electrons. The van der Waals surface area contributed by atoms with Crippen LogP contribution in [0.1, 0.15) is 27.3 Å². The Labute approximate surface area is 155 Å². The molecule has 0 fully saturated rings. The Morgan fingerprint density at radius 1 is 1.23 bits per heavy atom. The van der Waals surface area contributed by atoms with Crippen molar-refractivity contribution < 1.29 is 14.3 Å². The number of hydrogen-bond donors (Lipinski definition) is 0. The number of ketones is 1. The molecule has 132 valence electrons. The lowest BCUT2D eigenvalue weighted by Crippen LogP contribution is -2.13. The van der Waals surface area contributed by atoms with Gasteiger partial charge < -0.3 is 4.74 Å². The fourth-order valence-electron chi connectivity index (χ4n) is 2.66. The van der Waals surface area contributed by atoms with E-state index in [1.165, 1.54) is 17.4 Å². The lowest BCUT2D eigenvalue weighted by Gasteiger charge is -2.05. The zero-order valence-corrected chi connectivity index (χ0v) is 15.3. The van der Waals surface area contributed by atoms with Crippen molar-refractivity contribution in [1.82, 2.24) is 9.55 Å². The van der Waals surface area contributed by atoms with Crippen LogP contribution in [0.4, 0.5) is 0 Å². The summed E-state index contributed by atoms with van der Waals surface area (Å²) in [5.41, 5.74) is 3.13. The molecule has 0 saturated carbocycles. The third-order valence-electron chi connectivity index (χ3n) is 3.90. The maximum absolute atomic E-state index is 12.4. The minimum Gasteiger partial charge on any atom is -0.454 e. The van der Waals surface area contributed by atoms with E-state index in [0.717, 1.165) is 22.1 Å². The number of rotatable bonds is 6. The van der Waals surface area contributed by atoms with Crippen LogP contribution >= 0.6 is 11.3 Å². The average molecular weight is 366 g/mol. The normalized spacial score (nSPS) is 11.0. The van der Waals surface area contributed by atoms with E-state index in [1.54, 1.807) is 18.3 Å². The topological polar surface area (TPSA) is 61.2 Å². The Morgan fingerprint density at radius 2 is 2.00 bits per heavy atom. The van der Waals surface area contributed by atoms with Crippen molar-refractivity contribution in [2.45, 2.75) is 13.8 Å². The molecule has 0 aliphatic carbocycles. The second-order valence-electron chi connectivity index (χ2n) is 5.71. The first-order chi connectivity index (χ1) is 12.6. The number of nitrogens with zero attached hydrogens (tertiary/aromatic N) is 2. The van der Waals surface area contributed by atoms with Gasteiger partial charge >= 0.3 is 5.97 Å². The first-order valence-electron chi connectivity index (χ1n) is 8.08. The average Bonchev–Trinajstić information content (AvgIpc) is 3.26. The van der Waals surface area contributed by atoms with Crippen molar-refractivity contribution in [1.29, 1.82) is 0 Å². The van der Waals surface area contributed by atoms with Gasteiger partial charge in [0.15, 0.2) is 11.7 Å². The quantitative estimate of drug-likeness (QED) is 0.376.